The van der Waals surface area contributed by atoms with Gasteiger partial charge in [0.25, 0.3) is 5.91 Å². The van der Waals surface area contributed by atoms with Crippen LogP contribution < -0.4 is 5.32 Å². The number of carbonyl (C=O) groups is 1. The lowest BCUT2D eigenvalue weighted by Crippen LogP contribution is -2.22. The van der Waals surface area contributed by atoms with E-state index in [0.717, 1.165) is 25.2 Å². The van der Waals surface area contributed by atoms with E-state index in [1.807, 2.05) is 12.1 Å². The van der Waals surface area contributed by atoms with Crippen molar-refractivity contribution in [3.63, 3.8) is 0 Å². The number of aromatic nitrogens is 4. The average Bonchev–Trinajstić information content (AvgIpc) is 3.42. The number of imidazole rings is 1. The molecular formula is C22H23FN6O. The molecule has 0 aliphatic carbocycles. The number of pyridine rings is 1. The van der Waals surface area contributed by atoms with Gasteiger partial charge in [-0.15, -0.1) is 0 Å². The van der Waals surface area contributed by atoms with Gasteiger partial charge in [0.05, 0.1) is 29.3 Å². The second-order valence-corrected chi connectivity index (χ2v) is 6.98. The number of rotatable bonds is 7. The maximum absolute atomic E-state index is 14.7. The summed E-state index contributed by atoms with van der Waals surface area (Å²) >= 11 is 0. The van der Waals surface area contributed by atoms with E-state index in [9.17, 15) is 9.18 Å². The van der Waals surface area contributed by atoms with Crippen LogP contribution in [0, 0.1) is 5.82 Å². The third-order valence-electron chi connectivity index (χ3n) is 5.14. The molecule has 8 heteroatoms. The van der Waals surface area contributed by atoms with E-state index in [1.54, 1.807) is 35.1 Å². The van der Waals surface area contributed by atoms with E-state index in [4.69, 9.17) is 0 Å². The fourth-order valence-corrected chi connectivity index (χ4v) is 3.48. The molecule has 1 amide bonds. The van der Waals surface area contributed by atoms with Crippen LogP contribution in [0.25, 0.3) is 16.9 Å². The Morgan fingerprint density at radius 2 is 2.07 bits per heavy atom. The number of carbonyl (C=O) groups excluding carboxylic acids is 1. The van der Waals surface area contributed by atoms with Crippen LogP contribution in [0.1, 0.15) is 29.8 Å². The molecule has 3 heterocycles. The molecule has 154 valence electrons. The zero-order chi connectivity index (χ0) is 21.1. The lowest BCUT2D eigenvalue weighted by molar-refractivity contribution is 0.102. The quantitative estimate of drug-likeness (QED) is 0.487. The summed E-state index contributed by atoms with van der Waals surface area (Å²) in [4.78, 5) is 19.4. The van der Waals surface area contributed by atoms with Crippen LogP contribution in [0.3, 0.4) is 0 Å². The maximum atomic E-state index is 14.7. The molecule has 0 fully saturated rings. The summed E-state index contributed by atoms with van der Waals surface area (Å²) < 4.78 is 16.5. The van der Waals surface area contributed by atoms with Gasteiger partial charge < -0.3 is 5.32 Å². The van der Waals surface area contributed by atoms with Crippen molar-refractivity contribution in [1.29, 1.82) is 0 Å². The Bertz CT molecular complexity index is 1160. The van der Waals surface area contributed by atoms with Gasteiger partial charge in [-0.25, -0.2) is 9.37 Å². The fraction of sp³-hybridized carbons (Fsp3) is 0.227. The highest BCUT2D eigenvalue weighted by Crippen LogP contribution is 2.27. The van der Waals surface area contributed by atoms with Crippen LogP contribution in [0.5, 0.6) is 0 Å². The van der Waals surface area contributed by atoms with Crippen molar-refractivity contribution < 1.29 is 9.18 Å². The monoisotopic (exact) mass is 406 g/mol. The minimum atomic E-state index is -0.326. The number of aromatic amines is 1. The van der Waals surface area contributed by atoms with E-state index < -0.39 is 0 Å². The van der Waals surface area contributed by atoms with E-state index in [-0.39, 0.29) is 11.7 Å². The lowest BCUT2D eigenvalue weighted by atomic mass is 10.1. The number of amides is 1. The van der Waals surface area contributed by atoms with Crippen molar-refractivity contribution in [2.24, 2.45) is 0 Å². The number of nitrogens with zero attached hydrogens (tertiary/aromatic N) is 4. The van der Waals surface area contributed by atoms with Gasteiger partial charge >= 0.3 is 0 Å². The molecule has 0 spiro atoms. The van der Waals surface area contributed by atoms with E-state index in [0.29, 0.717) is 28.2 Å². The summed E-state index contributed by atoms with van der Waals surface area (Å²) in [5.74, 6) is -0.636. The van der Waals surface area contributed by atoms with Crippen molar-refractivity contribution in [2.75, 3.05) is 18.4 Å². The summed E-state index contributed by atoms with van der Waals surface area (Å²) in [5.41, 5.74) is 3.50. The summed E-state index contributed by atoms with van der Waals surface area (Å²) in [6, 6.07) is 8.59. The first-order valence-corrected chi connectivity index (χ1v) is 9.88. The van der Waals surface area contributed by atoms with Gasteiger partial charge in [0.15, 0.2) is 0 Å². The van der Waals surface area contributed by atoms with Crippen LogP contribution in [0.4, 0.5) is 10.1 Å². The van der Waals surface area contributed by atoms with Crippen LogP contribution in [0.2, 0.25) is 0 Å². The Kier molecular flexibility index (Phi) is 5.58. The molecule has 0 saturated heterocycles. The van der Waals surface area contributed by atoms with Crippen LogP contribution in [0.15, 0.2) is 55.1 Å². The number of halogens is 1. The van der Waals surface area contributed by atoms with Crippen molar-refractivity contribution in [3.8, 4) is 11.3 Å². The number of nitrogens with one attached hydrogen (secondary N) is 2. The molecule has 3 aromatic heterocycles. The maximum Gasteiger partial charge on any atom is 0.259 e. The van der Waals surface area contributed by atoms with E-state index in [2.05, 4.69) is 39.2 Å². The first-order valence-electron chi connectivity index (χ1n) is 9.88. The molecule has 4 aromatic rings. The molecule has 0 atom stereocenters. The number of anilines is 1. The molecule has 4 rings (SSSR count). The summed E-state index contributed by atoms with van der Waals surface area (Å²) in [5, 5.41) is 9.24. The third-order valence-corrected chi connectivity index (χ3v) is 5.14. The average molecular weight is 406 g/mol. The highest BCUT2D eigenvalue weighted by molar-refractivity contribution is 6.08. The number of hydrogen-bond donors (Lipinski definition) is 2. The molecule has 0 saturated carbocycles. The van der Waals surface area contributed by atoms with Gasteiger partial charge in [-0.2, -0.15) is 5.10 Å². The van der Waals surface area contributed by atoms with E-state index in [1.165, 1.54) is 12.3 Å². The molecule has 7 nitrogen and oxygen atoms in total. The molecule has 0 aliphatic rings. The predicted molar refractivity (Wildman–Crippen MR) is 114 cm³/mol. The Morgan fingerprint density at radius 1 is 1.23 bits per heavy atom. The van der Waals surface area contributed by atoms with Crippen molar-refractivity contribution in [3.05, 3.63) is 72.1 Å². The summed E-state index contributed by atoms with van der Waals surface area (Å²) in [6.07, 6.45) is 6.49. The topological polar surface area (TPSA) is 78.3 Å². The van der Waals surface area contributed by atoms with Crippen LogP contribution in [-0.4, -0.2) is 43.5 Å². The molecule has 1 aromatic carbocycles. The molecule has 0 unspecified atom stereocenters. The molecule has 0 aliphatic heterocycles. The largest absolute Gasteiger partial charge is 0.319 e. The SMILES string of the molecule is CCN(CC)Cc1ccc(F)c(-c2cnc3c(C(=O)Nc4cn[nH]c4)cccn23)c1. The first kappa shape index (κ1) is 19.8. The Labute approximate surface area is 173 Å². The number of benzene rings is 1. The second kappa shape index (κ2) is 8.46. The Hall–Kier alpha value is -3.52. The number of fused-ring (bicyclic) bond motifs is 1. The number of hydrogen-bond acceptors (Lipinski definition) is 4. The molecule has 2 N–H and O–H groups in total. The molecule has 0 bridgehead atoms. The summed E-state index contributed by atoms with van der Waals surface area (Å²) in [7, 11) is 0. The molecule has 30 heavy (non-hydrogen) atoms. The highest BCUT2D eigenvalue weighted by Gasteiger charge is 2.17. The van der Waals surface area contributed by atoms with Crippen molar-refractivity contribution in [2.45, 2.75) is 20.4 Å². The fourth-order valence-electron chi connectivity index (χ4n) is 3.48. The van der Waals surface area contributed by atoms with Gasteiger partial charge in [0.1, 0.15) is 11.5 Å². The minimum absolute atomic E-state index is 0.310. The Morgan fingerprint density at radius 3 is 2.80 bits per heavy atom. The highest BCUT2D eigenvalue weighted by atomic mass is 19.1. The molecular weight excluding hydrogens is 383 g/mol. The van der Waals surface area contributed by atoms with Gasteiger partial charge in [0.2, 0.25) is 0 Å². The van der Waals surface area contributed by atoms with Crippen molar-refractivity contribution >= 4 is 17.2 Å². The molecule has 0 radical (unpaired) electrons. The minimum Gasteiger partial charge on any atom is -0.319 e. The van der Waals surface area contributed by atoms with Crippen LogP contribution in [-0.2, 0) is 6.54 Å². The smallest absolute Gasteiger partial charge is 0.259 e. The second-order valence-electron chi connectivity index (χ2n) is 6.98. The van der Waals surface area contributed by atoms with Gasteiger partial charge in [-0.05, 0) is 42.9 Å². The third kappa shape index (κ3) is 3.81. The Balaban J connectivity index is 1.71. The van der Waals surface area contributed by atoms with Gasteiger partial charge in [0, 0.05) is 24.5 Å². The lowest BCUT2D eigenvalue weighted by Gasteiger charge is -2.18. The van der Waals surface area contributed by atoms with Gasteiger partial charge in [-0.3, -0.25) is 19.2 Å². The zero-order valence-corrected chi connectivity index (χ0v) is 16.9. The standard InChI is InChI=1S/C22H23FN6O/c1-3-28(4-2)14-15-7-8-19(23)18(10-15)20-13-24-21-17(6-5-9-29(20)21)22(30)27-16-11-25-26-12-16/h5-13H,3-4,14H2,1-2H3,(H,25,26)(H,27,30). The normalized spacial score (nSPS) is 11.3. The first-order chi connectivity index (χ1) is 14.6. The van der Waals surface area contributed by atoms with Gasteiger partial charge in [-0.1, -0.05) is 19.9 Å². The zero-order valence-electron chi connectivity index (χ0n) is 16.9. The summed E-state index contributed by atoms with van der Waals surface area (Å²) in [6.45, 7) is 6.81. The predicted octanol–water partition coefficient (Wildman–Crippen LogP) is 3.96. The van der Waals surface area contributed by atoms with Crippen molar-refractivity contribution in [1.82, 2.24) is 24.5 Å². The number of H-pyrrole nitrogens is 1. The van der Waals surface area contributed by atoms with Crippen LogP contribution >= 0.6 is 0 Å². The van der Waals surface area contributed by atoms with E-state index >= 15 is 0 Å².